The predicted molar refractivity (Wildman–Crippen MR) is 102 cm³/mol. The van der Waals surface area contributed by atoms with E-state index in [4.69, 9.17) is 4.74 Å². The van der Waals surface area contributed by atoms with E-state index in [-0.39, 0.29) is 5.91 Å². The molecule has 2 aromatic rings. The Balaban J connectivity index is 1.37. The highest BCUT2D eigenvalue weighted by atomic mass is 16.5. The fourth-order valence-corrected chi connectivity index (χ4v) is 3.87. The van der Waals surface area contributed by atoms with Gasteiger partial charge in [-0.3, -0.25) is 4.79 Å². The molecule has 2 aliphatic rings. The highest BCUT2D eigenvalue weighted by molar-refractivity contribution is 5.93. The molecule has 1 N–H and O–H groups in total. The molecule has 0 bridgehead atoms. The summed E-state index contributed by atoms with van der Waals surface area (Å²) in [6.07, 6.45) is 6.61. The van der Waals surface area contributed by atoms with Crippen molar-refractivity contribution in [2.45, 2.75) is 51.2 Å². The summed E-state index contributed by atoms with van der Waals surface area (Å²) < 4.78 is 7.85. The Hall–Kier alpha value is -2.41. The van der Waals surface area contributed by atoms with E-state index < -0.39 is 0 Å². The van der Waals surface area contributed by atoms with Crippen molar-refractivity contribution in [2.24, 2.45) is 0 Å². The first-order valence-corrected chi connectivity index (χ1v) is 9.81. The molecule has 2 heterocycles. The molecule has 2 fully saturated rings. The van der Waals surface area contributed by atoms with Crippen LogP contribution in [0.3, 0.4) is 0 Å². The summed E-state index contributed by atoms with van der Waals surface area (Å²) >= 11 is 0. The molecule has 0 unspecified atom stereocenters. The summed E-state index contributed by atoms with van der Waals surface area (Å²) in [6.45, 7) is 4.13. The number of carbonyl (C=O) groups excluding carboxylic acids is 1. The Labute approximate surface area is 159 Å². The molecule has 0 radical (unpaired) electrons. The van der Waals surface area contributed by atoms with Crippen LogP contribution in [0, 0.1) is 6.92 Å². The summed E-state index contributed by atoms with van der Waals surface area (Å²) in [5, 5.41) is 10.7. The molecule has 27 heavy (non-hydrogen) atoms. The van der Waals surface area contributed by atoms with E-state index in [0.29, 0.717) is 17.5 Å². The Kier molecular flexibility index (Phi) is 5.11. The van der Waals surface area contributed by atoms with Gasteiger partial charge >= 0.3 is 0 Å². The van der Waals surface area contributed by atoms with Gasteiger partial charge in [-0.15, -0.1) is 5.10 Å². The first-order chi connectivity index (χ1) is 13.2. The quantitative estimate of drug-likeness (QED) is 0.876. The molecule has 1 aliphatic carbocycles. The van der Waals surface area contributed by atoms with E-state index in [1.165, 1.54) is 19.3 Å². The van der Waals surface area contributed by atoms with Crippen molar-refractivity contribution in [2.75, 3.05) is 20.1 Å². The number of nitrogens with zero attached hydrogens (tertiary/aromatic N) is 4. The van der Waals surface area contributed by atoms with Crippen LogP contribution in [0.4, 0.5) is 0 Å². The van der Waals surface area contributed by atoms with Gasteiger partial charge in [0.2, 0.25) is 0 Å². The van der Waals surface area contributed by atoms with Crippen LogP contribution in [0.2, 0.25) is 0 Å². The molecule has 1 saturated heterocycles. The van der Waals surface area contributed by atoms with E-state index in [1.54, 1.807) is 11.7 Å². The number of likely N-dealkylation sites (tertiary alicyclic amines) is 1. The number of hydrogen-bond acceptors (Lipinski definition) is 5. The van der Waals surface area contributed by atoms with Gasteiger partial charge in [0.05, 0.1) is 11.4 Å². The van der Waals surface area contributed by atoms with E-state index >= 15 is 0 Å². The third-order valence-corrected chi connectivity index (χ3v) is 5.79. The molecule has 4 rings (SSSR count). The lowest BCUT2D eigenvalue weighted by atomic mass is 9.90. The Morgan fingerprint density at radius 1 is 1.15 bits per heavy atom. The van der Waals surface area contributed by atoms with Gasteiger partial charge in [0.25, 0.3) is 5.91 Å². The molecule has 1 amide bonds. The molecule has 0 spiro atoms. The zero-order valence-electron chi connectivity index (χ0n) is 16.0. The van der Waals surface area contributed by atoms with Crippen molar-refractivity contribution in [1.82, 2.24) is 25.2 Å². The van der Waals surface area contributed by atoms with Gasteiger partial charge in [0.1, 0.15) is 11.9 Å². The minimum absolute atomic E-state index is 0.230. The predicted octanol–water partition coefficient (Wildman–Crippen LogP) is 2.33. The molecule has 1 saturated carbocycles. The molecule has 1 aromatic carbocycles. The molecule has 144 valence electrons. The van der Waals surface area contributed by atoms with Crippen LogP contribution in [0.15, 0.2) is 24.3 Å². The molecular weight excluding hydrogens is 342 g/mol. The van der Waals surface area contributed by atoms with Crippen molar-refractivity contribution in [3.8, 4) is 11.4 Å². The van der Waals surface area contributed by atoms with Crippen LogP contribution < -0.4 is 10.1 Å². The number of piperidine rings is 1. The van der Waals surface area contributed by atoms with Crippen LogP contribution >= 0.6 is 0 Å². The zero-order chi connectivity index (χ0) is 18.8. The van der Waals surface area contributed by atoms with Crippen LogP contribution in [-0.4, -0.2) is 58.1 Å². The average molecular weight is 369 g/mol. The maximum atomic E-state index is 11.8. The zero-order valence-corrected chi connectivity index (χ0v) is 16.0. The monoisotopic (exact) mass is 369 g/mol. The van der Waals surface area contributed by atoms with Crippen LogP contribution in [0.5, 0.6) is 5.75 Å². The number of aromatic nitrogens is 3. The maximum absolute atomic E-state index is 11.8. The number of ether oxygens (including phenoxy) is 1. The Morgan fingerprint density at radius 3 is 2.44 bits per heavy atom. The number of carbonyl (C=O) groups is 1. The summed E-state index contributed by atoms with van der Waals surface area (Å²) in [6, 6.07) is 8.67. The standard InChI is InChI=1S/C20H27N5O2/c1-14-19(20(26)21-2)22-23-25(14)16-6-8-17(9-7-16)27-18-10-12-24(13-11-18)15-4-3-5-15/h6-9,15,18H,3-5,10-13H2,1-2H3,(H,21,26). The van der Waals surface area contributed by atoms with Gasteiger partial charge in [0.15, 0.2) is 5.69 Å². The van der Waals surface area contributed by atoms with Crippen molar-refractivity contribution in [3.63, 3.8) is 0 Å². The second-order valence-corrected chi connectivity index (χ2v) is 7.45. The number of amides is 1. The molecular formula is C20H27N5O2. The molecule has 7 heteroatoms. The third-order valence-electron chi connectivity index (χ3n) is 5.79. The lowest BCUT2D eigenvalue weighted by Crippen LogP contribution is -2.46. The fourth-order valence-electron chi connectivity index (χ4n) is 3.87. The number of rotatable bonds is 5. The number of nitrogens with one attached hydrogen (secondary N) is 1. The summed E-state index contributed by atoms with van der Waals surface area (Å²) in [5.41, 5.74) is 1.92. The second-order valence-electron chi connectivity index (χ2n) is 7.45. The lowest BCUT2D eigenvalue weighted by molar-refractivity contribution is 0.0493. The Bertz CT molecular complexity index is 789. The molecule has 1 aromatic heterocycles. The van der Waals surface area contributed by atoms with Gasteiger partial charge in [-0.1, -0.05) is 11.6 Å². The third kappa shape index (κ3) is 3.69. The summed E-state index contributed by atoms with van der Waals surface area (Å²) in [4.78, 5) is 14.4. The van der Waals surface area contributed by atoms with Gasteiger partial charge in [-0.05, 0) is 56.9 Å². The topological polar surface area (TPSA) is 72.3 Å². The van der Waals surface area contributed by atoms with Crippen molar-refractivity contribution >= 4 is 5.91 Å². The minimum Gasteiger partial charge on any atom is -0.490 e. The second kappa shape index (κ2) is 7.68. The van der Waals surface area contributed by atoms with E-state index in [0.717, 1.165) is 43.4 Å². The van der Waals surface area contributed by atoms with Crippen LogP contribution in [0.1, 0.15) is 48.3 Å². The molecule has 7 nitrogen and oxygen atoms in total. The van der Waals surface area contributed by atoms with Gasteiger partial charge in [-0.25, -0.2) is 4.68 Å². The number of benzene rings is 1. The lowest BCUT2D eigenvalue weighted by Gasteiger charge is -2.41. The van der Waals surface area contributed by atoms with Crippen molar-refractivity contribution < 1.29 is 9.53 Å². The van der Waals surface area contributed by atoms with E-state index in [2.05, 4.69) is 20.5 Å². The van der Waals surface area contributed by atoms with E-state index in [1.807, 2.05) is 31.2 Å². The van der Waals surface area contributed by atoms with Crippen molar-refractivity contribution in [1.29, 1.82) is 0 Å². The normalized spacial score (nSPS) is 18.9. The van der Waals surface area contributed by atoms with Crippen LogP contribution in [0.25, 0.3) is 5.69 Å². The fraction of sp³-hybridized carbons (Fsp3) is 0.550. The van der Waals surface area contributed by atoms with Gasteiger partial charge in [0, 0.05) is 26.2 Å². The highest BCUT2D eigenvalue weighted by Crippen LogP contribution is 2.28. The van der Waals surface area contributed by atoms with Gasteiger partial charge in [-0.2, -0.15) is 0 Å². The van der Waals surface area contributed by atoms with Gasteiger partial charge < -0.3 is 15.0 Å². The first kappa shape index (κ1) is 18.0. The smallest absolute Gasteiger partial charge is 0.273 e. The summed E-state index contributed by atoms with van der Waals surface area (Å²) in [5.74, 6) is 0.650. The Morgan fingerprint density at radius 2 is 1.85 bits per heavy atom. The maximum Gasteiger partial charge on any atom is 0.273 e. The molecule has 0 atom stereocenters. The average Bonchev–Trinajstić information content (AvgIpc) is 3.03. The van der Waals surface area contributed by atoms with Crippen molar-refractivity contribution in [3.05, 3.63) is 35.7 Å². The van der Waals surface area contributed by atoms with Crippen LogP contribution in [-0.2, 0) is 0 Å². The largest absolute Gasteiger partial charge is 0.490 e. The number of hydrogen-bond donors (Lipinski definition) is 1. The molecule has 1 aliphatic heterocycles. The minimum atomic E-state index is -0.230. The van der Waals surface area contributed by atoms with E-state index in [9.17, 15) is 4.79 Å². The SMILES string of the molecule is CNC(=O)c1nnn(-c2ccc(OC3CCN(C4CCC4)CC3)cc2)c1C. The summed E-state index contributed by atoms with van der Waals surface area (Å²) in [7, 11) is 1.59. The first-order valence-electron chi connectivity index (χ1n) is 9.81. The highest BCUT2D eigenvalue weighted by Gasteiger charge is 2.29.